The molecule has 1 aliphatic rings. The van der Waals surface area contributed by atoms with Gasteiger partial charge in [0.1, 0.15) is 5.82 Å². The highest BCUT2D eigenvalue weighted by Crippen LogP contribution is 2.37. The molecule has 0 spiro atoms. The van der Waals surface area contributed by atoms with E-state index in [-0.39, 0.29) is 11.0 Å². The van der Waals surface area contributed by atoms with Crippen molar-refractivity contribution >= 4 is 31.9 Å². The molecule has 1 saturated heterocycles. The van der Waals surface area contributed by atoms with Gasteiger partial charge < -0.3 is 0 Å². The van der Waals surface area contributed by atoms with Crippen LogP contribution < -0.4 is 0 Å². The van der Waals surface area contributed by atoms with Crippen molar-refractivity contribution in [2.75, 3.05) is 0 Å². The fourth-order valence-corrected chi connectivity index (χ4v) is 3.63. The smallest absolute Gasteiger partial charge is 0.259 e. The molecule has 0 atom stereocenters. The molecule has 1 aromatic rings. The molecule has 0 aromatic heterocycles. The summed E-state index contributed by atoms with van der Waals surface area (Å²) in [6, 6.07) is 4.29. The Kier molecular flexibility index (Phi) is 3.02. The summed E-state index contributed by atoms with van der Waals surface area (Å²) in [5, 5.41) is 0. The van der Waals surface area contributed by atoms with Crippen LogP contribution in [0.25, 0.3) is 0 Å². The summed E-state index contributed by atoms with van der Waals surface area (Å²) in [7, 11) is -3.64. The van der Waals surface area contributed by atoms with Crippen LogP contribution in [-0.4, -0.2) is 23.4 Å². The predicted molar refractivity (Wildman–Crippen MR) is 67.6 cm³/mol. The van der Waals surface area contributed by atoms with Crippen molar-refractivity contribution in [3.8, 4) is 0 Å². The molecule has 0 N–H and O–H groups in total. The summed E-state index contributed by atoms with van der Waals surface area (Å²) in [6.45, 7) is 2.58. The van der Waals surface area contributed by atoms with Crippen LogP contribution in [0.1, 0.15) is 19.4 Å². The molecule has 0 bridgehead atoms. The van der Waals surface area contributed by atoms with Crippen molar-refractivity contribution in [2.45, 2.75) is 25.1 Å². The van der Waals surface area contributed by atoms with Gasteiger partial charge in [-0.15, -0.1) is 0 Å². The minimum atomic E-state index is -3.64. The molecule has 0 saturated carbocycles. The molecule has 1 amide bonds. The molecular formula is C11H11BrFNO3S. The first kappa shape index (κ1) is 13.5. The van der Waals surface area contributed by atoms with Gasteiger partial charge in [-0.3, -0.25) is 4.79 Å². The fourth-order valence-electron chi connectivity index (χ4n) is 1.74. The molecule has 1 fully saturated rings. The summed E-state index contributed by atoms with van der Waals surface area (Å²) in [6.07, 6.45) is 0. The average molecular weight is 336 g/mol. The lowest BCUT2D eigenvalue weighted by Gasteiger charge is -2.43. The van der Waals surface area contributed by atoms with E-state index in [0.717, 1.165) is 4.31 Å². The highest BCUT2D eigenvalue weighted by atomic mass is 79.9. The standard InChI is InChI=1S/C11H11BrFNO3S/c1-11(2)10(15)14(18(11,16)17)6-7-4-3-5-8(13)9(7)12/h3-5H,6H2,1-2H3. The van der Waals surface area contributed by atoms with Crippen LogP contribution in [-0.2, 0) is 21.4 Å². The monoisotopic (exact) mass is 335 g/mol. The molecular weight excluding hydrogens is 325 g/mol. The van der Waals surface area contributed by atoms with Gasteiger partial charge in [0.2, 0.25) is 0 Å². The van der Waals surface area contributed by atoms with Gasteiger partial charge in [-0.25, -0.2) is 17.1 Å². The van der Waals surface area contributed by atoms with Crippen LogP contribution in [0.2, 0.25) is 0 Å². The second-order valence-corrected chi connectivity index (χ2v) is 7.74. The summed E-state index contributed by atoms with van der Waals surface area (Å²) in [5.74, 6) is -0.962. The fraction of sp³-hybridized carbons (Fsp3) is 0.364. The largest absolute Gasteiger partial charge is 0.272 e. The topological polar surface area (TPSA) is 54.5 Å². The number of amides is 1. The van der Waals surface area contributed by atoms with Gasteiger partial charge in [0.15, 0.2) is 4.75 Å². The van der Waals surface area contributed by atoms with Gasteiger partial charge in [0, 0.05) is 0 Å². The van der Waals surface area contributed by atoms with Crippen LogP contribution in [0.15, 0.2) is 22.7 Å². The maximum atomic E-state index is 13.3. The number of nitrogens with zero attached hydrogens (tertiary/aromatic N) is 1. The molecule has 2 rings (SSSR count). The third-order valence-electron chi connectivity index (χ3n) is 3.02. The van der Waals surface area contributed by atoms with E-state index in [4.69, 9.17) is 0 Å². The number of carbonyl (C=O) groups excluding carboxylic acids is 1. The van der Waals surface area contributed by atoms with Crippen molar-refractivity contribution in [1.82, 2.24) is 4.31 Å². The Morgan fingerprint density at radius 1 is 1.39 bits per heavy atom. The van der Waals surface area contributed by atoms with E-state index in [0.29, 0.717) is 5.56 Å². The number of halogens is 2. The van der Waals surface area contributed by atoms with E-state index in [2.05, 4.69) is 15.9 Å². The van der Waals surface area contributed by atoms with Gasteiger partial charge in [-0.2, -0.15) is 0 Å². The highest BCUT2D eigenvalue weighted by Gasteiger charge is 2.59. The maximum Gasteiger partial charge on any atom is 0.259 e. The Morgan fingerprint density at radius 2 is 2.00 bits per heavy atom. The molecule has 1 aliphatic heterocycles. The third-order valence-corrected chi connectivity index (χ3v) is 6.25. The second-order valence-electron chi connectivity index (χ2n) is 4.54. The number of benzene rings is 1. The first-order valence-electron chi connectivity index (χ1n) is 5.19. The van der Waals surface area contributed by atoms with E-state index >= 15 is 0 Å². The SMILES string of the molecule is CC1(C)C(=O)N(Cc2cccc(F)c2Br)S1(=O)=O. The number of hydrogen-bond donors (Lipinski definition) is 0. The van der Waals surface area contributed by atoms with Crippen LogP contribution in [0.4, 0.5) is 4.39 Å². The number of rotatable bonds is 2. The minimum Gasteiger partial charge on any atom is -0.272 e. The van der Waals surface area contributed by atoms with E-state index < -0.39 is 26.5 Å². The number of sulfonamides is 1. The molecule has 1 heterocycles. The van der Waals surface area contributed by atoms with Crippen molar-refractivity contribution < 1.29 is 17.6 Å². The molecule has 98 valence electrons. The average Bonchev–Trinajstić information content (AvgIpc) is 2.29. The first-order valence-corrected chi connectivity index (χ1v) is 7.42. The van der Waals surface area contributed by atoms with Gasteiger partial charge in [0.25, 0.3) is 15.9 Å². The Morgan fingerprint density at radius 3 is 2.56 bits per heavy atom. The highest BCUT2D eigenvalue weighted by molar-refractivity contribution is 9.10. The zero-order valence-electron chi connectivity index (χ0n) is 9.78. The molecule has 4 nitrogen and oxygen atoms in total. The van der Waals surface area contributed by atoms with Gasteiger partial charge in [-0.1, -0.05) is 12.1 Å². The van der Waals surface area contributed by atoms with Crippen LogP contribution in [0, 0.1) is 5.82 Å². The zero-order valence-corrected chi connectivity index (χ0v) is 12.2. The molecule has 0 radical (unpaired) electrons. The number of hydrogen-bond acceptors (Lipinski definition) is 3. The lowest BCUT2D eigenvalue weighted by atomic mass is 10.1. The van der Waals surface area contributed by atoms with Crippen molar-refractivity contribution in [3.63, 3.8) is 0 Å². The Balaban J connectivity index is 2.33. The molecule has 0 unspecified atom stereocenters. The van der Waals surface area contributed by atoms with Crippen LogP contribution in [0.5, 0.6) is 0 Å². The quantitative estimate of drug-likeness (QED) is 0.831. The van der Waals surface area contributed by atoms with E-state index in [9.17, 15) is 17.6 Å². The first-order chi connectivity index (χ1) is 8.19. The summed E-state index contributed by atoms with van der Waals surface area (Å²) in [5.41, 5.74) is 0.419. The van der Waals surface area contributed by atoms with E-state index in [1.54, 1.807) is 6.07 Å². The predicted octanol–water partition coefficient (Wildman–Crippen LogP) is 2.04. The summed E-state index contributed by atoms with van der Waals surface area (Å²) in [4.78, 5) is 11.7. The molecule has 18 heavy (non-hydrogen) atoms. The Bertz CT molecular complexity index is 627. The van der Waals surface area contributed by atoms with Crippen LogP contribution >= 0.6 is 15.9 Å². The van der Waals surface area contributed by atoms with Crippen LogP contribution in [0.3, 0.4) is 0 Å². The van der Waals surface area contributed by atoms with E-state index in [1.165, 1.54) is 26.0 Å². The molecule has 7 heteroatoms. The van der Waals surface area contributed by atoms with Crippen molar-refractivity contribution in [2.24, 2.45) is 0 Å². The number of carbonyl (C=O) groups is 1. The lowest BCUT2D eigenvalue weighted by Crippen LogP contribution is -2.66. The Hall–Kier alpha value is -0.950. The summed E-state index contributed by atoms with van der Waals surface area (Å²) >= 11 is 3.04. The summed E-state index contributed by atoms with van der Waals surface area (Å²) < 4.78 is 36.6. The zero-order chi connectivity index (χ0) is 13.7. The molecule has 1 aromatic carbocycles. The third kappa shape index (κ3) is 1.68. The maximum absolute atomic E-state index is 13.3. The van der Waals surface area contributed by atoms with Gasteiger partial charge in [-0.05, 0) is 41.4 Å². The Labute approximate surface area is 113 Å². The van der Waals surface area contributed by atoms with E-state index in [1.807, 2.05) is 0 Å². The van der Waals surface area contributed by atoms with Crippen molar-refractivity contribution in [1.29, 1.82) is 0 Å². The van der Waals surface area contributed by atoms with Gasteiger partial charge >= 0.3 is 0 Å². The second kappa shape index (κ2) is 4.03. The van der Waals surface area contributed by atoms with Crippen molar-refractivity contribution in [3.05, 3.63) is 34.1 Å². The normalized spacial score (nSPS) is 20.7. The lowest BCUT2D eigenvalue weighted by molar-refractivity contribution is -0.132. The molecule has 0 aliphatic carbocycles. The van der Waals surface area contributed by atoms with Gasteiger partial charge in [0.05, 0.1) is 11.0 Å². The minimum absolute atomic E-state index is 0.150.